The molecule has 1 aliphatic rings. The second-order valence-electron chi connectivity index (χ2n) is 5.68. The van der Waals surface area contributed by atoms with Gasteiger partial charge in [-0.3, -0.25) is 4.79 Å². The first-order chi connectivity index (χ1) is 8.36. The van der Waals surface area contributed by atoms with Gasteiger partial charge in [0.25, 0.3) is 0 Å². The van der Waals surface area contributed by atoms with Crippen LogP contribution in [-0.2, 0) is 14.3 Å². The molecule has 0 bridgehead atoms. The number of ether oxygens (including phenoxy) is 2. The van der Waals surface area contributed by atoms with Crippen LogP contribution in [0.15, 0.2) is 0 Å². The molecule has 1 rings (SSSR count). The van der Waals surface area contributed by atoms with Crippen molar-refractivity contribution in [3.05, 3.63) is 0 Å². The highest BCUT2D eigenvalue weighted by Gasteiger charge is 2.37. The van der Waals surface area contributed by atoms with Crippen molar-refractivity contribution in [3.63, 3.8) is 0 Å². The van der Waals surface area contributed by atoms with Crippen molar-refractivity contribution < 1.29 is 19.1 Å². The minimum absolute atomic E-state index is 0.0415. The molecule has 5 heteroatoms. The predicted molar refractivity (Wildman–Crippen MR) is 67.3 cm³/mol. The van der Waals surface area contributed by atoms with E-state index >= 15 is 0 Å². The topological polar surface area (TPSA) is 64.6 Å². The highest BCUT2D eigenvalue weighted by Crippen LogP contribution is 2.26. The third-order valence-corrected chi connectivity index (χ3v) is 3.22. The largest absolute Gasteiger partial charge is 0.453 e. The van der Waals surface area contributed by atoms with E-state index in [1.807, 2.05) is 20.8 Å². The zero-order chi connectivity index (χ0) is 13.8. The van der Waals surface area contributed by atoms with Gasteiger partial charge in [0, 0.05) is 18.6 Å². The Morgan fingerprint density at radius 2 is 1.83 bits per heavy atom. The van der Waals surface area contributed by atoms with Crippen LogP contribution in [0.2, 0.25) is 0 Å². The summed E-state index contributed by atoms with van der Waals surface area (Å²) in [5.74, 6) is 0.171. The van der Waals surface area contributed by atoms with Crippen LogP contribution in [0.1, 0.15) is 33.6 Å². The maximum absolute atomic E-state index is 12.4. The van der Waals surface area contributed by atoms with Crippen molar-refractivity contribution in [3.8, 4) is 0 Å². The molecule has 1 heterocycles. The van der Waals surface area contributed by atoms with Crippen molar-refractivity contribution in [2.24, 2.45) is 11.3 Å². The van der Waals surface area contributed by atoms with E-state index in [1.54, 1.807) is 0 Å². The number of hydrogen-bond acceptors (Lipinski definition) is 4. The van der Waals surface area contributed by atoms with E-state index in [9.17, 15) is 9.59 Å². The zero-order valence-corrected chi connectivity index (χ0v) is 11.6. The normalized spacial score (nSPS) is 19.1. The van der Waals surface area contributed by atoms with Crippen LogP contribution in [0.3, 0.4) is 0 Å². The van der Waals surface area contributed by atoms with E-state index in [0.717, 1.165) is 12.8 Å². The Labute approximate surface area is 108 Å². The number of hydrogen-bond donors (Lipinski definition) is 1. The number of alkyl carbamates (subject to hydrolysis) is 1. The van der Waals surface area contributed by atoms with Gasteiger partial charge in [-0.1, -0.05) is 20.8 Å². The van der Waals surface area contributed by atoms with Gasteiger partial charge in [0.1, 0.15) is 0 Å². The van der Waals surface area contributed by atoms with Gasteiger partial charge in [-0.25, -0.2) is 4.79 Å². The molecule has 5 nitrogen and oxygen atoms in total. The zero-order valence-electron chi connectivity index (χ0n) is 11.6. The fourth-order valence-electron chi connectivity index (χ4n) is 2.10. The minimum atomic E-state index is -0.552. The van der Waals surface area contributed by atoms with Gasteiger partial charge in [0.05, 0.1) is 13.2 Å². The fourth-order valence-corrected chi connectivity index (χ4v) is 2.10. The maximum atomic E-state index is 12.4. The van der Waals surface area contributed by atoms with Crippen LogP contribution in [0.5, 0.6) is 0 Å². The highest BCUT2D eigenvalue weighted by molar-refractivity contribution is 5.91. The van der Waals surface area contributed by atoms with Gasteiger partial charge in [0.2, 0.25) is 0 Å². The van der Waals surface area contributed by atoms with E-state index in [2.05, 4.69) is 10.1 Å². The summed E-state index contributed by atoms with van der Waals surface area (Å²) in [6, 6.07) is -0.485. The Balaban J connectivity index is 2.79. The molecule has 0 radical (unpaired) electrons. The number of Topliss-reactive ketones (excluding diaryl/α,β-unsaturated/α-hetero) is 1. The first kappa shape index (κ1) is 15.0. The molecule has 0 unspecified atom stereocenters. The second-order valence-corrected chi connectivity index (χ2v) is 5.68. The molecule has 1 aliphatic heterocycles. The molecule has 1 saturated heterocycles. The standard InChI is InChI=1S/C13H23NO4/c1-13(2,3)11(15)10(14-12(16)17-4)9-5-7-18-8-6-9/h9-10H,5-8H2,1-4H3,(H,14,16)/t10-/m1/s1. The number of rotatable bonds is 3. The van der Waals surface area contributed by atoms with Crippen LogP contribution >= 0.6 is 0 Å². The molecule has 0 aromatic rings. The third-order valence-electron chi connectivity index (χ3n) is 3.22. The number of methoxy groups -OCH3 is 1. The quantitative estimate of drug-likeness (QED) is 0.836. The molecular weight excluding hydrogens is 234 g/mol. The molecule has 0 spiro atoms. The fraction of sp³-hybridized carbons (Fsp3) is 0.846. The summed E-state index contributed by atoms with van der Waals surface area (Å²) in [6.07, 6.45) is 1.02. The van der Waals surface area contributed by atoms with Crippen molar-refractivity contribution in [1.29, 1.82) is 0 Å². The van der Waals surface area contributed by atoms with E-state index in [4.69, 9.17) is 4.74 Å². The van der Waals surface area contributed by atoms with E-state index in [0.29, 0.717) is 13.2 Å². The first-order valence-corrected chi connectivity index (χ1v) is 6.33. The average Bonchev–Trinajstić information content (AvgIpc) is 2.34. The molecule has 1 amide bonds. The maximum Gasteiger partial charge on any atom is 0.407 e. The van der Waals surface area contributed by atoms with Gasteiger partial charge in [-0.05, 0) is 18.8 Å². The molecule has 0 saturated carbocycles. The van der Waals surface area contributed by atoms with E-state index in [1.165, 1.54) is 7.11 Å². The third kappa shape index (κ3) is 3.98. The Morgan fingerprint density at radius 3 is 2.28 bits per heavy atom. The minimum Gasteiger partial charge on any atom is -0.453 e. The highest BCUT2D eigenvalue weighted by atomic mass is 16.5. The van der Waals surface area contributed by atoms with E-state index < -0.39 is 17.6 Å². The van der Waals surface area contributed by atoms with Gasteiger partial charge in [-0.2, -0.15) is 0 Å². The van der Waals surface area contributed by atoms with Gasteiger partial charge in [-0.15, -0.1) is 0 Å². The molecule has 1 N–H and O–H groups in total. The Bertz CT molecular complexity index is 303. The lowest BCUT2D eigenvalue weighted by molar-refractivity contribution is -0.130. The van der Waals surface area contributed by atoms with Crippen molar-refractivity contribution >= 4 is 11.9 Å². The summed E-state index contributed by atoms with van der Waals surface area (Å²) >= 11 is 0. The lowest BCUT2D eigenvalue weighted by Crippen LogP contribution is -2.51. The summed E-state index contributed by atoms with van der Waals surface area (Å²) < 4.78 is 9.89. The molecule has 104 valence electrons. The summed E-state index contributed by atoms with van der Waals surface area (Å²) in [6.45, 7) is 6.87. The molecule has 1 fully saturated rings. The Morgan fingerprint density at radius 1 is 1.28 bits per heavy atom. The number of carbonyl (C=O) groups is 2. The number of nitrogens with one attached hydrogen (secondary N) is 1. The predicted octanol–water partition coefficient (Wildman–Crippen LogP) is 1.75. The molecular formula is C13H23NO4. The van der Waals surface area contributed by atoms with Gasteiger partial charge >= 0.3 is 6.09 Å². The van der Waals surface area contributed by atoms with Crippen LogP contribution in [0.4, 0.5) is 4.79 Å². The summed E-state index contributed by atoms with van der Waals surface area (Å²) in [5, 5.41) is 2.68. The number of amides is 1. The number of carbonyl (C=O) groups excluding carboxylic acids is 2. The van der Waals surface area contributed by atoms with Crippen molar-refractivity contribution in [1.82, 2.24) is 5.32 Å². The smallest absolute Gasteiger partial charge is 0.407 e. The summed E-state index contributed by atoms with van der Waals surface area (Å²) in [7, 11) is 1.30. The average molecular weight is 257 g/mol. The number of ketones is 1. The Hall–Kier alpha value is -1.10. The monoisotopic (exact) mass is 257 g/mol. The van der Waals surface area contributed by atoms with Crippen LogP contribution in [0.25, 0.3) is 0 Å². The lowest BCUT2D eigenvalue weighted by atomic mass is 9.79. The summed E-state index contributed by atoms with van der Waals surface area (Å²) in [4.78, 5) is 23.8. The van der Waals surface area contributed by atoms with Crippen LogP contribution in [-0.4, -0.2) is 38.2 Å². The first-order valence-electron chi connectivity index (χ1n) is 6.33. The second kappa shape index (κ2) is 6.18. The Kier molecular flexibility index (Phi) is 5.14. The van der Waals surface area contributed by atoms with Gasteiger partial charge < -0.3 is 14.8 Å². The van der Waals surface area contributed by atoms with Gasteiger partial charge in [0.15, 0.2) is 5.78 Å². The van der Waals surface area contributed by atoms with Crippen molar-refractivity contribution in [2.45, 2.75) is 39.7 Å². The molecule has 0 aromatic heterocycles. The molecule has 18 heavy (non-hydrogen) atoms. The summed E-state index contributed by atoms with van der Waals surface area (Å²) in [5.41, 5.74) is -0.482. The van der Waals surface area contributed by atoms with E-state index in [-0.39, 0.29) is 11.7 Å². The molecule has 0 aromatic carbocycles. The SMILES string of the molecule is COC(=O)N[C@@H](C(=O)C(C)(C)C)C1CCOCC1. The van der Waals surface area contributed by atoms with Crippen LogP contribution < -0.4 is 5.32 Å². The molecule has 1 atom stereocenters. The van der Waals surface area contributed by atoms with Crippen LogP contribution in [0, 0.1) is 11.3 Å². The van der Waals surface area contributed by atoms with Crippen molar-refractivity contribution in [2.75, 3.05) is 20.3 Å². The molecule has 0 aliphatic carbocycles. The lowest BCUT2D eigenvalue weighted by Gasteiger charge is -2.33.